The van der Waals surface area contributed by atoms with Crippen LogP contribution in [0.3, 0.4) is 0 Å². The maximum absolute atomic E-state index is 12.8. The molecule has 2 aromatic heterocycles. The minimum Gasteiger partial charge on any atom is -0.503 e. The van der Waals surface area contributed by atoms with Gasteiger partial charge in [-0.2, -0.15) is 5.10 Å². The number of nitrogens with one attached hydrogen (secondary N) is 1. The SMILES string of the molecule is COc1ccnc(C(=O)N[C@](C)(C(=O)O)C(C)C(C)n2ncc3ccccc32)c1O. The normalized spacial score (nSPS) is 15.2. The van der Waals surface area contributed by atoms with E-state index in [0.29, 0.717) is 0 Å². The lowest BCUT2D eigenvalue weighted by Gasteiger charge is -2.36. The van der Waals surface area contributed by atoms with Crippen LogP contribution in [0.2, 0.25) is 0 Å². The summed E-state index contributed by atoms with van der Waals surface area (Å²) in [6, 6.07) is 8.64. The quantitative estimate of drug-likeness (QED) is 0.544. The number of carbonyl (C=O) groups is 2. The highest BCUT2D eigenvalue weighted by Gasteiger charge is 2.44. The van der Waals surface area contributed by atoms with Gasteiger partial charge >= 0.3 is 5.97 Å². The minimum absolute atomic E-state index is 0.0663. The third kappa shape index (κ3) is 3.54. The van der Waals surface area contributed by atoms with Gasteiger partial charge in [-0.15, -0.1) is 0 Å². The van der Waals surface area contributed by atoms with Gasteiger partial charge in [0, 0.05) is 23.6 Å². The molecule has 9 heteroatoms. The lowest BCUT2D eigenvalue weighted by atomic mass is 9.82. The van der Waals surface area contributed by atoms with Gasteiger partial charge in [0.2, 0.25) is 0 Å². The van der Waals surface area contributed by atoms with Crippen molar-refractivity contribution in [3.8, 4) is 11.5 Å². The molecule has 158 valence electrons. The summed E-state index contributed by atoms with van der Waals surface area (Å²) < 4.78 is 6.74. The van der Waals surface area contributed by atoms with Crippen molar-refractivity contribution in [1.29, 1.82) is 0 Å². The maximum atomic E-state index is 12.8. The predicted molar refractivity (Wildman–Crippen MR) is 110 cm³/mol. The number of para-hydroxylation sites is 1. The fourth-order valence-corrected chi connectivity index (χ4v) is 3.43. The Balaban J connectivity index is 1.93. The zero-order chi connectivity index (χ0) is 22.1. The molecule has 30 heavy (non-hydrogen) atoms. The van der Waals surface area contributed by atoms with Crippen molar-refractivity contribution in [3.63, 3.8) is 0 Å². The molecule has 2 unspecified atom stereocenters. The number of nitrogens with zero attached hydrogens (tertiary/aromatic N) is 3. The summed E-state index contributed by atoms with van der Waals surface area (Å²) in [4.78, 5) is 28.9. The van der Waals surface area contributed by atoms with E-state index in [1.54, 1.807) is 17.8 Å². The van der Waals surface area contributed by atoms with Crippen molar-refractivity contribution in [2.24, 2.45) is 5.92 Å². The third-order valence-corrected chi connectivity index (χ3v) is 5.66. The van der Waals surface area contributed by atoms with E-state index in [4.69, 9.17) is 4.74 Å². The molecule has 1 amide bonds. The van der Waals surface area contributed by atoms with Crippen LogP contribution in [0.4, 0.5) is 0 Å². The van der Waals surface area contributed by atoms with Crippen LogP contribution in [0.5, 0.6) is 11.5 Å². The number of hydrogen-bond donors (Lipinski definition) is 3. The van der Waals surface area contributed by atoms with Gasteiger partial charge in [-0.25, -0.2) is 9.78 Å². The number of carbonyl (C=O) groups excluding carboxylic acids is 1. The zero-order valence-corrected chi connectivity index (χ0v) is 17.2. The Morgan fingerprint density at radius 1 is 1.23 bits per heavy atom. The third-order valence-electron chi connectivity index (χ3n) is 5.66. The number of aromatic nitrogens is 3. The summed E-state index contributed by atoms with van der Waals surface area (Å²) in [6.07, 6.45) is 3.01. The number of amides is 1. The van der Waals surface area contributed by atoms with Crippen LogP contribution in [0.25, 0.3) is 10.9 Å². The maximum Gasteiger partial charge on any atom is 0.329 e. The molecule has 3 aromatic rings. The van der Waals surface area contributed by atoms with Gasteiger partial charge in [-0.05, 0) is 19.9 Å². The fraction of sp³-hybridized carbons (Fsp3) is 0.333. The van der Waals surface area contributed by atoms with Gasteiger partial charge in [-0.3, -0.25) is 9.48 Å². The Bertz CT molecular complexity index is 1100. The monoisotopic (exact) mass is 412 g/mol. The number of carboxylic acid groups (broad SMARTS) is 1. The van der Waals surface area contributed by atoms with E-state index in [1.165, 1.54) is 26.3 Å². The van der Waals surface area contributed by atoms with Gasteiger partial charge in [-0.1, -0.05) is 25.1 Å². The largest absolute Gasteiger partial charge is 0.503 e. The van der Waals surface area contributed by atoms with Gasteiger partial charge < -0.3 is 20.3 Å². The molecule has 0 saturated carbocycles. The van der Waals surface area contributed by atoms with Crippen LogP contribution in [0.1, 0.15) is 37.3 Å². The molecule has 9 nitrogen and oxygen atoms in total. The Morgan fingerprint density at radius 3 is 2.60 bits per heavy atom. The summed E-state index contributed by atoms with van der Waals surface area (Å²) in [6.45, 7) is 5.00. The first-order chi connectivity index (χ1) is 14.2. The summed E-state index contributed by atoms with van der Waals surface area (Å²) in [7, 11) is 1.34. The zero-order valence-electron chi connectivity index (χ0n) is 17.2. The number of aromatic hydroxyl groups is 1. The highest BCUT2D eigenvalue weighted by Crippen LogP contribution is 2.32. The van der Waals surface area contributed by atoms with Crippen molar-refractivity contribution in [2.75, 3.05) is 7.11 Å². The second-order valence-electron chi connectivity index (χ2n) is 7.35. The van der Waals surface area contributed by atoms with Crippen LogP contribution in [-0.2, 0) is 4.79 Å². The van der Waals surface area contributed by atoms with Crippen molar-refractivity contribution >= 4 is 22.8 Å². The average Bonchev–Trinajstić information content (AvgIpc) is 3.16. The average molecular weight is 412 g/mol. The molecule has 3 N–H and O–H groups in total. The van der Waals surface area contributed by atoms with Crippen LogP contribution < -0.4 is 10.1 Å². The Morgan fingerprint density at radius 2 is 1.93 bits per heavy atom. The van der Waals surface area contributed by atoms with E-state index in [0.717, 1.165) is 10.9 Å². The Kier molecular flexibility index (Phi) is 5.64. The van der Waals surface area contributed by atoms with Crippen LogP contribution >= 0.6 is 0 Å². The molecule has 0 aliphatic rings. The number of benzene rings is 1. The van der Waals surface area contributed by atoms with Crippen LogP contribution in [0, 0.1) is 5.92 Å². The second kappa shape index (κ2) is 8.02. The minimum atomic E-state index is -1.67. The highest BCUT2D eigenvalue weighted by molar-refractivity contribution is 5.99. The lowest BCUT2D eigenvalue weighted by molar-refractivity contribution is -0.146. The smallest absolute Gasteiger partial charge is 0.329 e. The molecular weight excluding hydrogens is 388 g/mol. The van der Waals surface area contributed by atoms with Crippen molar-refractivity contribution in [1.82, 2.24) is 20.1 Å². The molecule has 0 radical (unpaired) electrons. The first kappa shape index (κ1) is 21.1. The van der Waals surface area contributed by atoms with E-state index in [-0.39, 0.29) is 17.5 Å². The summed E-state index contributed by atoms with van der Waals surface area (Å²) in [5.74, 6) is -3.00. The molecule has 2 heterocycles. The standard InChI is InChI=1S/C21H24N4O5/c1-12(13(2)25-15-8-6-5-7-14(15)11-23-25)21(3,20(28)29)24-19(27)17-18(26)16(30-4)9-10-22-17/h5-13,26H,1-4H3,(H,24,27)(H,28,29)/t12?,13?,21-/m0/s1. The number of carboxylic acids is 1. The molecule has 3 rings (SSSR count). The van der Waals surface area contributed by atoms with Crippen LogP contribution in [-0.4, -0.2) is 49.5 Å². The van der Waals surface area contributed by atoms with Crippen molar-refractivity contribution < 1.29 is 24.5 Å². The van der Waals surface area contributed by atoms with Crippen molar-refractivity contribution in [3.05, 3.63) is 48.4 Å². The molecule has 1 aromatic carbocycles. The molecule has 0 saturated heterocycles. The van der Waals surface area contributed by atoms with E-state index >= 15 is 0 Å². The number of rotatable bonds is 7. The molecular formula is C21H24N4O5. The topological polar surface area (TPSA) is 127 Å². The Hall–Kier alpha value is -3.62. The first-order valence-corrected chi connectivity index (χ1v) is 9.40. The molecule has 0 aliphatic heterocycles. The highest BCUT2D eigenvalue weighted by atomic mass is 16.5. The van der Waals surface area contributed by atoms with Crippen molar-refractivity contribution in [2.45, 2.75) is 32.4 Å². The number of ether oxygens (including phenoxy) is 1. The summed E-state index contributed by atoms with van der Waals surface area (Å²) in [5, 5.41) is 28.1. The summed E-state index contributed by atoms with van der Waals surface area (Å²) >= 11 is 0. The number of hydrogen-bond acceptors (Lipinski definition) is 6. The first-order valence-electron chi connectivity index (χ1n) is 9.40. The van der Waals surface area contributed by atoms with Crippen LogP contribution in [0.15, 0.2) is 42.7 Å². The number of aliphatic carboxylic acids is 1. The van der Waals surface area contributed by atoms with Gasteiger partial charge in [0.1, 0.15) is 5.54 Å². The van der Waals surface area contributed by atoms with Gasteiger partial charge in [0.15, 0.2) is 17.2 Å². The van der Waals surface area contributed by atoms with Gasteiger partial charge in [0.25, 0.3) is 5.91 Å². The molecule has 0 aliphatic carbocycles. The fourth-order valence-electron chi connectivity index (χ4n) is 3.43. The van der Waals surface area contributed by atoms with E-state index < -0.39 is 29.1 Å². The van der Waals surface area contributed by atoms with Gasteiger partial charge in [0.05, 0.1) is 24.9 Å². The number of methoxy groups -OCH3 is 1. The second-order valence-corrected chi connectivity index (χ2v) is 7.35. The molecule has 0 bridgehead atoms. The Labute approximate surface area is 173 Å². The number of pyridine rings is 1. The summed E-state index contributed by atoms with van der Waals surface area (Å²) in [5.41, 5.74) is -1.12. The van der Waals surface area contributed by atoms with E-state index in [2.05, 4.69) is 15.4 Å². The molecule has 3 atom stereocenters. The molecule has 0 spiro atoms. The van der Waals surface area contributed by atoms with E-state index in [9.17, 15) is 19.8 Å². The van der Waals surface area contributed by atoms with E-state index in [1.807, 2.05) is 31.2 Å². The molecule has 0 fully saturated rings. The predicted octanol–water partition coefficient (Wildman–Crippen LogP) is 2.62. The lowest BCUT2D eigenvalue weighted by Crippen LogP contribution is -2.58. The number of fused-ring (bicyclic) bond motifs is 1.